The zero-order valence-electron chi connectivity index (χ0n) is 15.7. The number of carbonyl (C=O) groups excluding carboxylic acids is 2. The summed E-state index contributed by atoms with van der Waals surface area (Å²) in [6.07, 6.45) is 6.55. The summed E-state index contributed by atoms with van der Waals surface area (Å²) in [7, 11) is 0. The molecule has 2 N–H and O–H groups in total. The fourth-order valence-corrected chi connectivity index (χ4v) is 3.58. The Morgan fingerprint density at radius 3 is 2.44 bits per heavy atom. The van der Waals surface area contributed by atoms with E-state index in [9.17, 15) is 9.59 Å². The lowest BCUT2D eigenvalue weighted by Crippen LogP contribution is -2.23. The van der Waals surface area contributed by atoms with E-state index in [0.29, 0.717) is 13.0 Å². The number of nitrogens with one attached hydrogen (secondary N) is 2. The highest BCUT2D eigenvalue weighted by molar-refractivity contribution is 5.92. The Labute approximate surface area is 161 Å². The van der Waals surface area contributed by atoms with Crippen LogP contribution < -0.4 is 10.6 Å². The molecule has 1 fully saturated rings. The van der Waals surface area contributed by atoms with Gasteiger partial charge in [0.05, 0.1) is 0 Å². The summed E-state index contributed by atoms with van der Waals surface area (Å²) in [5, 5.41) is 5.98. The first-order valence-corrected chi connectivity index (χ1v) is 9.91. The van der Waals surface area contributed by atoms with Gasteiger partial charge >= 0.3 is 0 Å². The Bertz CT molecular complexity index is 752. The number of aryl methyl sites for hydroxylation is 1. The van der Waals surface area contributed by atoms with Gasteiger partial charge in [-0.3, -0.25) is 9.59 Å². The van der Waals surface area contributed by atoms with Crippen LogP contribution in [0.25, 0.3) is 0 Å². The van der Waals surface area contributed by atoms with E-state index in [1.54, 1.807) is 0 Å². The molecule has 2 aromatic rings. The highest BCUT2D eigenvalue weighted by Gasteiger charge is 2.22. The summed E-state index contributed by atoms with van der Waals surface area (Å²) in [6, 6.07) is 17.9. The summed E-state index contributed by atoms with van der Waals surface area (Å²) in [4.78, 5) is 24.3. The molecule has 0 atom stereocenters. The maximum Gasteiger partial charge on any atom is 0.227 e. The van der Waals surface area contributed by atoms with E-state index in [4.69, 9.17) is 0 Å². The van der Waals surface area contributed by atoms with Gasteiger partial charge in [0.2, 0.25) is 11.8 Å². The molecule has 0 saturated heterocycles. The van der Waals surface area contributed by atoms with Crippen molar-refractivity contribution in [3.63, 3.8) is 0 Å². The molecule has 2 amide bonds. The molecule has 0 aliphatic heterocycles. The van der Waals surface area contributed by atoms with Crippen molar-refractivity contribution in [1.82, 2.24) is 5.32 Å². The van der Waals surface area contributed by atoms with Gasteiger partial charge in [0.15, 0.2) is 0 Å². The summed E-state index contributed by atoms with van der Waals surface area (Å²) in [5.41, 5.74) is 3.06. The summed E-state index contributed by atoms with van der Waals surface area (Å²) in [5.74, 6) is 0.332. The quantitative estimate of drug-likeness (QED) is 0.727. The van der Waals surface area contributed by atoms with Crippen LogP contribution in [0.3, 0.4) is 0 Å². The van der Waals surface area contributed by atoms with Gasteiger partial charge in [0.1, 0.15) is 0 Å². The molecule has 4 heteroatoms. The second-order valence-electron chi connectivity index (χ2n) is 7.29. The lowest BCUT2D eigenvalue weighted by Gasteiger charge is -2.12. The molecule has 1 aliphatic carbocycles. The topological polar surface area (TPSA) is 58.2 Å². The van der Waals surface area contributed by atoms with Crippen molar-refractivity contribution in [2.45, 2.75) is 51.5 Å². The standard InChI is InChI=1S/C23H28N2O2/c26-22(15-7-10-18-8-2-1-3-9-18)24-17-19-11-6-14-21(16-19)25-23(27)20-12-4-5-13-20/h1-3,6,8-9,11,14,16,20H,4-5,7,10,12-13,15,17H2,(H,24,26)(H,25,27). The third-order valence-corrected chi connectivity index (χ3v) is 5.12. The molecule has 1 aliphatic rings. The highest BCUT2D eigenvalue weighted by Crippen LogP contribution is 2.26. The van der Waals surface area contributed by atoms with Gasteiger partial charge in [-0.15, -0.1) is 0 Å². The van der Waals surface area contributed by atoms with Crippen molar-refractivity contribution >= 4 is 17.5 Å². The van der Waals surface area contributed by atoms with Gasteiger partial charge in [-0.05, 0) is 48.9 Å². The third kappa shape index (κ3) is 6.24. The monoisotopic (exact) mass is 364 g/mol. The lowest BCUT2D eigenvalue weighted by molar-refractivity contribution is -0.121. The van der Waals surface area contributed by atoms with Crippen molar-refractivity contribution < 1.29 is 9.59 Å². The molecule has 0 aromatic heterocycles. The van der Waals surface area contributed by atoms with Crippen LogP contribution in [0.15, 0.2) is 54.6 Å². The predicted molar refractivity (Wildman–Crippen MR) is 108 cm³/mol. The Morgan fingerprint density at radius 2 is 1.67 bits per heavy atom. The van der Waals surface area contributed by atoms with E-state index in [-0.39, 0.29) is 17.7 Å². The number of carbonyl (C=O) groups is 2. The molecular weight excluding hydrogens is 336 g/mol. The van der Waals surface area contributed by atoms with Gasteiger partial charge in [-0.25, -0.2) is 0 Å². The zero-order chi connectivity index (χ0) is 18.9. The minimum absolute atomic E-state index is 0.0614. The molecule has 0 radical (unpaired) electrons. The first-order chi connectivity index (χ1) is 13.2. The van der Waals surface area contributed by atoms with Crippen molar-refractivity contribution in [3.8, 4) is 0 Å². The van der Waals surface area contributed by atoms with E-state index >= 15 is 0 Å². The van der Waals surface area contributed by atoms with Gasteiger partial charge in [0.25, 0.3) is 0 Å². The number of amides is 2. The predicted octanol–water partition coefficient (Wildman–Crippen LogP) is 4.45. The smallest absolute Gasteiger partial charge is 0.227 e. The van der Waals surface area contributed by atoms with Crippen molar-refractivity contribution in [1.29, 1.82) is 0 Å². The Kier molecular flexibility index (Phi) is 7.03. The average molecular weight is 364 g/mol. The minimum Gasteiger partial charge on any atom is -0.352 e. The van der Waals surface area contributed by atoms with Crippen molar-refractivity contribution in [3.05, 3.63) is 65.7 Å². The van der Waals surface area contributed by atoms with Crippen molar-refractivity contribution in [2.24, 2.45) is 5.92 Å². The van der Waals surface area contributed by atoms with Crippen LogP contribution in [-0.2, 0) is 22.6 Å². The molecule has 1 saturated carbocycles. The molecule has 27 heavy (non-hydrogen) atoms. The molecule has 0 bridgehead atoms. The van der Waals surface area contributed by atoms with E-state index in [2.05, 4.69) is 22.8 Å². The van der Waals surface area contributed by atoms with E-state index in [0.717, 1.165) is 49.8 Å². The highest BCUT2D eigenvalue weighted by atomic mass is 16.2. The maximum atomic E-state index is 12.2. The Morgan fingerprint density at radius 1 is 0.926 bits per heavy atom. The molecule has 0 heterocycles. The first kappa shape index (κ1) is 19.2. The maximum absolute atomic E-state index is 12.2. The Balaban J connectivity index is 1.41. The second-order valence-corrected chi connectivity index (χ2v) is 7.29. The molecule has 142 valence electrons. The summed E-state index contributed by atoms with van der Waals surface area (Å²) in [6.45, 7) is 0.483. The fourth-order valence-electron chi connectivity index (χ4n) is 3.58. The van der Waals surface area contributed by atoms with Crippen LogP contribution in [0.4, 0.5) is 5.69 Å². The molecule has 3 rings (SSSR count). The largest absolute Gasteiger partial charge is 0.352 e. The van der Waals surface area contributed by atoms with E-state index in [1.165, 1.54) is 5.56 Å². The number of benzene rings is 2. The molecule has 0 spiro atoms. The molecule has 4 nitrogen and oxygen atoms in total. The lowest BCUT2D eigenvalue weighted by atomic mass is 10.1. The van der Waals surface area contributed by atoms with Gasteiger partial charge in [-0.2, -0.15) is 0 Å². The number of hydrogen-bond acceptors (Lipinski definition) is 2. The van der Waals surface area contributed by atoms with E-state index in [1.807, 2.05) is 42.5 Å². The normalized spacial score (nSPS) is 14.1. The first-order valence-electron chi connectivity index (χ1n) is 9.91. The van der Waals surface area contributed by atoms with Gasteiger partial charge in [0, 0.05) is 24.6 Å². The number of rotatable bonds is 8. The van der Waals surface area contributed by atoms with Crippen LogP contribution in [0.2, 0.25) is 0 Å². The van der Waals surface area contributed by atoms with Crippen LogP contribution >= 0.6 is 0 Å². The fraction of sp³-hybridized carbons (Fsp3) is 0.391. The summed E-state index contributed by atoms with van der Waals surface area (Å²) >= 11 is 0. The Hall–Kier alpha value is -2.62. The minimum atomic E-state index is 0.0614. The van der Waals surface area contributed by atoms with Crippen LogP contribution in [-0.4, -0.2) is 11.8 Å². The number of anilines is 1. The van der Waals surface area contributed by atoms with Crippen molar-refractivity contribution in [2.75, 3.05) is 5.32 Å². The SMILES string of the molecule is O=C(CCCc1ccccc1)NCc1cccc(NC(=O)C2CCCC2)c1. The van der Waals surface area contributed by atoms with Gasteiger partial charge in [-0.1, -0.05) is 55.3 Å². The van der Waals surface area contributed by atoms with Crippen LogP contribution in [0.5, 0.6) is 0 Å². The average Bonchev–Trinajstić information content (AvgIpc) is 3.23. The molecule has 2 aromatic carbocycles. The van der Waals surface area contributed by atoms with Crippen LogP contribution in [0, 0.1) is 5.92 Å². The second kappa shape index (κ2) is 9.91. The molecular formula is C23H28N2O2. The van der Waals surface area contributed by atoms with Gasteiger partial charge < -0.3 is 10.6 Å². The van der Waals surface area contributed by atoms with E-state index < -0.39 is 0 Å². The van der Waals surface area contributed by atoms with Crippen LogP contribution in [0.1, 0.15) is 49.7 Å². The zero-order valence-corrected chi connectivity index (χ0v) is 15.7. The summed E-state index contributed by atoms with van der Waals surface area (Å²) < 4.78 is 0. The number of hydrogen-bond donors (Lipinski definition) is 2. The third-order valence-electron chi connectivity index (χ3n) is 5.12. The molecule has 0 unspecified atom stereocenters.